The molecule has 0 amide bonds. The lowest BCUT2D eigenvalue weighted by Crippen LogP contribution is -2.41. The number of allylic oxidation sites excluding steroid dienone is 2. The van der Waals surface area contributed by atoms with Crippen LogP contribution in [0.2, 0.25) is 0 Å². The van der Waals surface area contributed by atoms with Gasteiger partial charge in [0.05, 0.1) is 18.1 Å². The third kappa shape index (κ3) is 5.93. The molecule has 2 aliphatic rings. The van der Waals surface area contributed by atoms with Crippen LogP contribution in [-0.4, -0.2) is 39.3 Å². The summed E-state index contributed by atoms with van der Waals surface area (Å²) in [7, 11) is 0. The SMILES string of the molecule is CCCC1(C(O)CC#C[C@H]2[C@H](O)CC(=O)[C@@H]2CC=CCCCC(=O)O)CCC1. The van der Waals surface area contributed by atoms with Gasteiger partial charge in [-0.1, -0.05) is 37.8 Å². The molecule has 0 radical (unpaired) electrons. The Balaban J connectivity index is 1.88. The third-order valence-corrected chi connectivity index (χ3v) is 6.36. The van der Waals surface area contributed by atoms with E-state index in [0.29, 0.717) is 25.7 Å². The Kier molecular flexibility index (Phi) is 8.72. The highest BCUT2D eigenvalue weighted by atomic mass is 16.4. The van der Waals surface area contributed by atoms with Crippen LogP contribution in [-0.2, 0) is 9.59 Å². The van der Waals surface area contributed by atoms with Crippen molar-refractivity contribution in [1.29, 1.82) is 0 Å². The van der Waals surface area contributed by atoms with Gasteiger partial charge >= 0.3 is 5.97 Å². The molecule has 1 unspecified atom stereocenters. The Labute approximate surface area is 168 Å². The van der Waals surface area contributed by atoms with Crippen LogP contribution in [0.5, 0.6) is 0 Å². The molecular formula is C23H34O5. The summed E-state index contributed by atoms with van der Waals surface area (Å²) in [4.78, 5) is 22.7. The Morgan fingerprint density at radius 3 is 2.71 bits per heavy atom. The maximum atomic E-state index is 12.2. The fourth-order valence-corrected chi connectivity index (χ4v) is 4.53. The molecule has 2 saturated carbocycles. The molecule has 2 rings (SSSR count). The molecule has 2 aliphatic carbocycles. The zero-order valence-electron chi connectivity index (χ0n) is 16.9. The normalized spacial score (nSPS) is 27.2. The highest BCUT2D eigenvalue weighted by Gasteiger charge is 2.42. The van der Waals surface area contributed by atoms with Crippen LogP contribution in [0.3, 0.4) is 0 Å². The lowest BCUT2D eigenvalue weighted by atomic mass is 9.62. The number of carboxylic acid groups (broad SMARTS) is 1. The highest BCUT2D eigenvalue weighted by Crippen LogP contribution is 2.48. The van der Waals surface area contributed by atoms with E-state index in [-0.39, 0.29) is 35.9 Å². The number of aliphatic hydroxyl groups excluding tert-OH is 2. The summed E-state index contributed by atoms with van der Waals surface area (Å²) in [5.41, 5.74) is 0.0195. The van der Waals surface area contributed by atoms with Crippen molar-refractivity contribution in [2.75, 3.05) is 0 Å². The van der Waals surface area contributed by atoms with Crippen molar-refractivity contribution in [3.63, 3.8) is 0 Å². The highest BCUT2D eigenvalue weighted by molar-refractivity contribution is 5.85. The second-order valence-electron chi connectivity index (χ2n) is 8.37. The first-order chi connectivity index (χ1) is 13.4. The number of ketones is 1. The van der Waals surface area contributed by atoms with Crippen LogP contribution >= 0.6 is 0 Å². The first kappa shape index (κ1) is 22.6. The van der Waals surface area contributed by atoms with Crippen molar-refractivity contribution in [3.8, 4) is 11.8 Å². The molecule has 0 aromatic carbocycles. The first-order valence-electron chi connectivity index (χ1n) is 10.6. The van der Waals surface area contributed by atoms with Crippen LogP contribution in [0.4, 0.5) is 0 Å². The minimum absolute atomic E-state index is 0.0195. The van der Waals surface area contributed by atoms with Gasteiger partial charge in [0, 0.05) is 25.2 Å². The van der Waals surface area contributed by atoms with Gasteiger partial charge in [0.25, 0.3) is 0 Å². The topological polar surface area (TPSA) is 94.8 Å². The summed E-state index contributed by atoms with van der Waals surface area (Å²) in [6, 6.07) is 0. The van der Waals surface area contributed by atoms with Crippen molar-refractivity contribution < 1.29 is 24.9 Å². The Bertz CT molecular complexity index is 623. The lowest BCUT2D eigenvalue weighted by molar-refractivity contribution is -0.137. The van der Waals surface area contributed by atoms with Crippen LogP contribution in [0.25, 0.3) is 0 Å². The number of carbonyl (C=O) groups excluding carboxylic acids is 1. The number of rotatable bonds is 10. The van der Waals surface area contributed by atoms with Gasteiger partial charge in [0.15, 0.2) is 0 Å². The second kappa shape index (κ2) is 10.8. The van der Waals surface area contributed by atoms with Gasteiger partial charge in [0.2, 0.25) is 0 Å². The van der Waals surface area contributed by atoms with E-state index in [9.17, 15) is 19.8 Å². The summed E-state index contributed by atoms with van der Waals surface area (Å²) in [5, 5.41) is 29.4. The molecule has 0 aliphatic heterocycles. The molecule has 5 nitrogen and oxygen atoms in total. The second-order valence-corrected chi connectivity index (χ2v) is 8.37. The average Bonchev–Trinajstić information content (AvgIpc) is 2.87. The molecule has 0 saturated heterocycles. The molecule has 0 spiro atoms. The molecule has 0 aromatic heterocycles. The quantitative estimate of drug-likeness (QED) is 0.302. The number of aliphatic hydroxyl groups is 2. The van der Waals surface area contributed by atoms with Crippen molar-refractivity contribution in [1.82, 2.24) is 0 Å². The number of carboxylic acids is 1. The van der Waals surface area contributed by atoms with Crippen LogP contribution < -0.4 is 0 Å². The molecule has 3 N–H and O–H groups in total. The third-order valence-electron chi connectivity index (χ3n) is 6.36. The number of hydrogen-bond acceptors (Lipinski definition) is 4. The van der Waals surface area contributed by atoms with Crippen molar-refractivity contribution >= 4 is 11.8 Å². The Morgan fingerprint density at radius 2 is 2.11 bits per heavy atom. The zero-order valence-corrected chi connectivity index (χ0v) is 16.9. The van der Waals surface area contributed by atoms with Gasteiger partial charge < -0.3 is 15.3 Å². The van der Waals surface area contributed by atoms with E-state index < -0.39 is 18.2 Å². The summed E-state index contributed by atoms with van der Waals surface area (Å²) in [6.07, 6.45) is 10.4. The number of hydrogen-bond donors (Lipinski definition) is 3. The fourth-order valence-electron chi connectivity index (χ4n) is 4.53. The number of Topliss-reactive ketones (excluding diaryl/α,β-unsaturated/α-hetero) is 1. The van der Waals surface area contributed by atoms with Crippen LogP contribution in [0.15, 0.2) is 12.2 Å². The van der Waals surface area contributed by atoms with Crippen molar-refractivity contribution in [2.45, 2.75) is 89.8 Å². The molecule has 28 heavy (non-hydrogen) atoms. The van der Waals surface area contributed by atoms with E-state index in [4.69, 9.17) is 5.11 Å². The standard InChI is InChI=1S/C23H34O5/c1-2-13-23(14-8-15-23)21(26)11-7-10-18-17(19(24)16-20(18)25)9-5-3-4-6-12-22(27)28/h3,5,17-18,20-21,25-26H,2,4,6,8-9,11-16H2,1H3,(H,27,28)/t17-,18-,20-,21?/m1/s1. The lowest BCUT2D eigenvalue weighted by Gasteiger charge is -2.45. The molecule has 4 atom stereocenters. The van der Waals surface area contributed by atoms with E-state index >= 15 is 0 Å². The molecule has 5 heteroatoms. The summed E-state index contributed by atoms with van der Waals surface area (Å²) >= 11 is 0. The maximum absolute atomic E-state index is 12.2. The van der Waals surface area contributed by atoms with E-state index in [0.717, 1.165) is 25.7 Å². The molecule has 0 aromatic rings. The van der Waals surface area contributed by atoms with Crippen LogP contribution in [0, 0.1) is 29.1 Å². The van der Waals surface area contributed by atoms with E-state index in [1.54, 1.807) is 0 Å². The van der Waals surface area contributed by atoms with E-state index in [1.165, 1.54) is 6.42 Å². The fraction of sp³-hybridized carbons (Fsp3) is 0.739. The van der Waals surface area contributed by atoms with Gasteiger partial charge in [-0.05, 0) is 43.9 Å². The number of unbranched alkanes of at least 4 members (excludes halogenated alkanes) is 1. The molecular weight excluding hydrogens is 356 g/mol. The minimum atomic E-state index is -0.803. The molecule has 156 valence electrons. The molecule has 2 fully saturated rings. The first-order valence-corrected chi connectivity index (χ1v) is 10.6. The smallest absolute Gasteiger partial charge is 0.303 e. The zero-order chi connectivity index (χ0) is 20.6. The molecule has 0 bridgehead atoms. The van der Waals surface area contributed by atoms with Crippen molar-refractivity contribution in [3.05, 3.63) is 12.2 Å². The van der Waals surface area contributed by atoms with Gasteiger partial charge in [0.1, 0.15) is 5.78 Å². The summed E-state index contributed by atoms with van der Waals surface area (Å²) in [6.45, 7) is 2.14. The van der Waals surface area contributed by atoms with E-state index in [2.05, 4.69) is 18.8 Å². The maximum Gasteiger partial charge on any atom is 0.303 e. The Hall–Kier alpha value is -1.64. The monoisotopic (exact) mass is 390 g/mol. The largest absolute Gasteiger partial charge is 0.481 e. The summed E-state index contributed by atoms with van der Waals surface area (Å²) < 4.78 is 0. The summed E-state index contributed by atoms with van der Waals surface area (Å²) in [5.74, 6) is 4.67. The number of aliphatic carboxylic acids is 1. The predicted molar refractivity (Wildman–Crippen MR) is 107 cm³/mol. The van der Waals surface area contributed by atoms with Gasteiger partial charge in [-0.2, -0.15) is 0 Å². The van der Waals surface area contributed by atoms with Crippen molar-refractivity contribution in [2.24, 2.45) is 17.3 Å². The van der Waals surface area contributed by atoms with E-state index in [1.807, 2.05) is 12.2 Å². The minimum Gasteiger partial charge on any atom is -0.481 e. The molecule has 0 heterocycles. The van der Waals surface area contributed by atoms with Gasteiger partial charge in [-0.3, -0.25) is 9.59 Å². The number of carbonyl (C=O) groups is 2. The van der Waals surface area contributed by atoms with Crippen LogP contribution in [0.1, 0.15) is 77.6 Å². The average molecular weight is 391 g/mol. The van der Waals surface area contributed by atoms with Gasteiger partial charge in [-0.15, -0.1) is 5.92 Å². The predicted octanol–water partition coefficient (Wildman–Crippen LogP) is 3.48. The Morgan fingerprint density at radius 1 is 1.36 bits per heavy atom. The van der Waals surface area contributed by atoms with Gasteiger partial charge in [-0.25, -0.2) is 0 Å².